The topological polar surface area (TPSA) is 73.2 Å². The summed E-state index contributed by atoms with van der Waals surface area (Å²) in [5.74, 6) is 0.535. The maximum Gasteiger partial charge on any atom is 0.243 e. The smallest absolute Gasteiger partial charge is 0.243 e. The van der Waals surface area contributed by atoms with Crippen LogP contribution in [-0.2, 0) is 10.0 Å². The van der Waals surface area contributed by atoms with Gasteiger partial charge in [-0.2, -0.15) is 9.57 Å². The molecule has 0 aliphatic carbocycles. The molecule has 6 heteroatoms. The van der Waals surface area contributed by atoms with Crippen LogP contribution in [0, 0.1) is 24.2 Å². The van der Waals surface area contributed by atoms with Crippen molar-refractivity contribution < 1.29 is 8.42 Å². The minimum absolute atomic E-state index is 0.258. The van der Waals surface area contributed by atoms with E-state index in [9.17, 15) is 8.42 Å². The Kier molecular flexibility index (Phi) is 4.99. The lowest BCUT2D eigenvalue weighted by Gasteiger charge is -2.31. The van der Waals surface area contributed by atoms with Crippen LogP contribution in [-0.4, -0.2) is 39.4 Å². The molecule has 0 spiro atoms. The molecule has 21 heavy (non-hydrogen) atoms. The molecule has 0 atom stereocenters. The lowest BCUT2D eigenvalue weighted by atomic mass is 9.98. The third kappa shape index (κ3) is 3.43. The van der Waals surface area contributed by atoms with Gasteiger partial charge in [-0.3, -0.25) is 0 Å². The average molecular weight is 307 g/mol. The zero-order valence-electron chi connectivity index (χ0n) is 12.5. The fraction of sp³-hybridized carbons (Fsp3) is 0.533. The number of nitriles is 1. The van der Waals surface area contributed by atoms with Crippen LogP contribution in [0.2, 0.25) is 0 Å². The predicted molar refractivity (Wildman–Crippen MR) is 81.3 cm³/mol. The highest BCUT2D eigenvalue weighted by Gasteiger charge is 2.30. The molecule has 1 saturated heterocycles. The van der Waals surface area contributed by atoms with Crippen molar-refractivity contribution in [2.24, 2.45) is 5.92 Å². The number of rotatable bonds is 4. The van der Waals surface area contributed by atoms with Crippen molar-refractivity contribution >= 4 is 10.0 Å². The molecule has 1 aromatic carbocycles. The van der Waals surface area contributed by atoms with E-state index in [1.807, 2.05) is 13.1 Å². The number of hydrogen-bond donors (Lipinski definition) is 1. The van der Waals surface area contributed by atoms with Gasteiger partial charge in [0.25, 0.3) is 0 Å². The zero-order chi connectivity index (χ0) is 15.5. The molecule has 1 N–H and O–H groups in total. The van der Waals surface area contributed by atoms with Crippen molar-refractivity contribution in [3.63, 3.8) is 0 Å². The Morgan fingerprint density at radius 3 is 2.62 bits per heavy atom. The molecule has 1 aromatic rings. The van der Waals surface area contributed by atoms with E-state index in [2.05, 4.69) is 5.32 Å². The number of sulfonamides is 1. The maximum absolute atomic E-state index is 12.7. The molecule has 114 valence electrons. The summed E-state index contributed by atoms with van der Waals surface area (Å²) in [5, 5.41) is 12.1. The summed E-state index contributed by atoms with van der Waals surface area (Å²) < 4.78 is 27.0. The van der Waals surface area contributed by atoms with E-state index >= 15 is 0 Å². The minimum atomic E-state index is -3.50. The summed E-state index contributed by atoms with van der Waals surface area (Å²) in [5.41, 5.74) is 1.07. The number of nitrogens with zero attached hydrogens (tertiary/aromatic N) is 2. The molecule has 0 saturated carbocycles. The van der Waals surface area contributed by atoms with Gasteiger partial charge >= 0.3 is 0 Å². The van der Waals surface area contributed by atoms with E-state index < -0.39 is 10.0 Å². The first-order valence-electron chi connectivity index (χ1n) is 7.14. The number of nitrogens with one attached hydrogen (secondary N) is 1. The van der Waals surface area contributed by atoms with E-state index in [-0.39, 0.29) is 4.90 Å². The lowest BCUT2D eigenvalue weighted by molar-refractivity contribution is 0.270. The maximum atomic E-state index is 12.7. The third-order valence-corrected chi connectivity index (χ3v) is 6.04. The summed E-state index contributed by atoms with van der Waals surface area (Å²) in [7, 11) is -1.59. The van der Waals surface area contributed by atoms with Crippen LogP contribution >= 0.6 is 0 Å². The van der Waals surface area contributed by atoms with Gasteiger partial charge in [0.1, 0.15) is 0 Å². The van der Waals surface area contributed by atoms with Crippen molar-refractivity contribution in [1.29, 1.82) is 5.26 Å². The number of benzene rings is 1. The third-order valence-electron chi connectivity index (χ3n) is 4.00. The van der Waals surface area contributed by atoms with Gasteiger partial charge in [0.2, 0.25) is 10.0 Å². The standard InChI is InChI=1S/C15H21N3O2S/c1-12-3-4-14(10-16)9-15(12)21(19,20)18-7-5-13(6-8-18)11-17-2/h3-4,9,13,17H,5-8,11H2,1-2H3. The first-order valence-corrected chi connectivity index (χ1v) is 8.58. The van der Waals surface area contributed by atoms with Gasteiger partial charge in [0.05, 0.1) is 16.5 Å². The predicted octanol–water partition coefficient (Wildman–Crippen LogP) is 1.49. The SMILES string of the molecule is CNCC1CCN(S(=O)(=O)c2cc(C#N)ccc2C)CC1. The second-order valence-electron chi connectivity index (χ2n) is 5.50. The van der Waals surface area contributed by atoms with Gasteiger partial charge in [-0.25, -0.2) is 8.42 Å². The number of piperidine rings is 1. The van der Waals surface area contributed by atoms with E-state index in [0.717, 1.165) is 19.4 Å². The average Bonchev–Trinajstić information content (AvgIpc) is 2.48. The Morgan fingerprint density at radius 2 is 2.05 bits per heavy atom. The molecule has 1 aliphatic heterocycles. The highest BCUT2D eigenvalue weighted by Crippen LogP contribution is 2.26. The van der Waals surface area contributed by atoms with Gasteiger partial charge in [0, 0.05) is 13.1 Å². The van der Waals surface area contributed by atoms with Crippen LogP contribution in [0.15, 0.2) is 23.1 Å². The van der Waals surface area contributed by atoms with E-state index in [1.165, 1.54) is 6.07 Å². The lowest BCUT2D eigenvalue weighted by Crippen LogP contribution is -2.40. The second kappa shape index (κ2) is 6.56. The molecule has 1 fully saturated rings. The Balaban J connectivity index is 2.22. The molecule has 1 aliphatic rings. The summed E-state index contributed by atoms with van der Waals surface area (Å²) in [6, 6.07) is 6.82. The van der Waals surface area contributed by atoms with Crippen molar-refractivity contribution in [1.82, 2.24) is 9.62 Å². The van der Waals surface area contributed by atoms with Crippen LogP contribution in [0.5, 0.6) is 0 Å². The van der Waals surface area contributed by atoms with E-state index in [4.69, 9.17) is 5.26 Å². The van der Waals surface area contributed by atoms with Crippen molar-refractivity contribution in [3.05, 3.63) is 29.3 Å². The number of hydrogen-bond acceptors (Lipinski definition) is 4. The summed E-state index contributed by atoms with van der Waals surface area (Å²) in [6.45, 7) is 3.79. The van der Waals surface area contributed by atoms with E-state index in [0.29, 0.717) is 30.1 Å². The van der Waals surface area contributed by atoms with Gasteiger partial charge in [0.15, 0.2) is 0 Å². The largest absolute Gasteiger partial charge is 0.319 e. The van der Waals surface area contributed by atoms with Crippen LogP contribution in [0.1, 0.15) is 24.0 Å². The summed E-state index contributed by atoms with van der Waals surface area (Å²) >= 11 is 0. The quantitative estimate of drug-likeness (QED) is 0.914. The van der Waals surface area contributed by atoms with Gasteiger partial charge < -0.3 is 5.32 Å². The first kappa shape index (κ1) is 16.0. The molecule has 0 bridgehead atoms. The molecule has 0 aromatic heterocycles. The zero-order valence-corrected chi connectivity index (χ0v) is 13.3. The molecule has 0 unspecified atom stereocenters. The van der Waals surface area contributed by atoms with Gasteiger partial charge in [-0.05, 0) is 57.0 Å². The Bertz CT molecular complexity index is 641. The summed E-state index contributed by atoms with van der Waals surface area (Å²) in [4.78, 5) is 0.258. The van der Waals surface area contributed by atoms with Crippen molar-refractivity contribution in [2.75, 3.05) is 26.7 Å². The monoisotopic (exact) mass is 307 g/mol. The molecular weight excluding hydrogens is 286 g/mol. The van der Waals surface area contributed by atoms with Crippen LogP contribution in [0.4, 0.5) is 0 Å². The fourth-order valence-corrected chi connectivity index (χ4v) is 4.45. The Labute approximate surface area is 126 Å². The van der Waals surface area contributed by atoms with Crippen molar-refractivity contribution in [2.45, 2.75) is 24.7 Å². The second-order valence-corrected chi connectivity index (χ2v) is 7.40. The van der Waals surface area contributed by atoms with Crippen LogP contribution in [0.25, 0.3) is 0 Å². The highest BCUT2D eigenvalue weighted by atomic mass is 32.2. The van der Waals surface area contributed by atoms with Gasteiger partial charge in [-0.15, -0.1) is 0 Å². The highest BCUT2D eigenvalue weighted by molar-refractivity contribution is 7.89. The Hall–Kier alpha value is -1.42. The normalized spacial score (nSPS) is 17.6. The molecule has 5 nitrogen and oxygen atoms in total. The summed E-state index contributed by atoms with van der Waals surface area (Å²) in [6.07, 6.45) is 1.74. The molecular formula is C15H21N3O2S. The Morgan fingerprint density at radius 1 is 1.38 bits per heavy atom. The van der Waals surface area contributed by atoms with Gasteiger partial charge in [-0.1, -0.05) is 6.07 Å². The van der Waals surface area contributed by atoms with E-state index in [1.54, 1.807) is 23.4 Å². The molecule has 2 rings (SSSR count). The minimum Gasteiger partial charge on any atom is -0.319 e. The molecule has 1 heterocycles. The van der Waals surface area contributed by atoms with Crippen LogP contribution in [0.3, 0.4) is 0 Å². The molecule has 0 amide bonds. The van der Waals surface area contributed by atoms with Crippen LogP contribution < -0.4 is 5.32 Å². The fourth-order valence-electron chi connectivity index (χ4n) is 2.73. The number of aryl methyl sites for hydroxylation is 1. The van der Waals surface area contributed by atoms with Crippen molar-refractivity contribution in [3.8, 4) is 6.07 Å². The first-order chi connectivity index (χ1) is 9.98. The molecule has 0 radical (unpaired) electrons.